The number of pyridine rings is 1. The van der Waals surface area contributed by atoms with Gasteiger partial charge in [-0.05, 0) is 49.5 Å². The molecule has 0 spiro atoms. The molecule has 2 aliphatic rings. The van der Waals surface area contributed by atoms with Gasteiger partial charge in [0.15, 0.2) is 5.82 Å². The summed E-state index contributed by atoms with van der Waals surface area (Å²) in [5, 5.41) is 7.62. The lowest BCUT2D eigenvalue weighted by molar-refractivity contribution is -0.130. The van der Waals surface area contributed by atoms with Crippen LogP contribution in [0.2, 0.25) is 0 Å². The molecule has 2 unspecified atom stereocenters. The molecule has 258 valence electrons. The number of likely N-dealkylation sites (N-methyl/N-ethyl adjacent to an activating group) is 1. The van der Waals surface area contributed by atoms with Gasteiger partial charge in [-0.2, -0.15) is 5.10 Å². The second kappa shape index (κ2) is 11.9. The van der Waals surface area contributed by atoms with Gasteiger partial charge in [0.2, 0.25) is 5.91 Å². The minimum atomic E-state index is -0.949. The van der Waals surface area contributed by atoms with Crippen molar-refractivity contribution in [2.45, 2.75) is 65.5 Å². The molecule has 5 aromatic rings. The molecule has 2 aliphatic heterocycles. The predicted molar refractivity (Wildman–Crippen MR) is 189 cm³/mol. The van der Waals surface area contributed by atoms with Gasteiger partial charge in [-0.15, -0.1) is 0 Å². The van der Waals surface area contributed by atoms with Crippen molar-refractivity contribution in [3.63, 3.8) is 0 Å². The van der Waals surface area contributed by atoms with Crippen LogP contribution in [0.3, 0.4) is 0 Å². The van der Waals surface area contributed by atoms with Crippen molar-refractivity contribution in [1.29, 1.82) is 0 Å². The summed E-state index contributed by atoms with van der Waals surface area (Å²) in [5.41, 5.74) is 1.85. The average molecular weight is 681 g/mol. The molecule has 5 heterocycles. The molecule has 2 aromatic carbocycles. The van der Waals surface area contributed by atoms with E-state index in [1.54, 1.807) is 28.9 Å². The van der Waals surface area contributed by atoms with E-state index in [0.717, 1.165) is 0 Å². The Morgan fingerprint density at radius 1 is 1.00 bits per heavy atom. The van der Waals surface area contributed by atoms with Crippen molar-refractivity contribution in [2.75, 3.05) is 29.9 Å². The zero-order valence-corrected chi connectivity index (χ0v) is 29.0. The number of nitrogens with one attached hydrogen (secondary N) is 1. The van der Waals surface area contributed by atoms with Crippen LogP contribution in [-0.4, -0.2) is 73.7 Å². The third kappa shape index (κ3) is 4.66. The van der Waals surface area contributed by atoms with Gasteiger partial charge in [0.1, 0.15) is 23.9 Å². The van der Waals surface area contributed by atoms with E-state index in [4.69, 9.17) is 0 Å². The number of aryl methyl sites for hydroxylation is 1. The molecular weight excluding hydrogens is 642 g/mol. The molecule has 1 N–H and O–H groups in total. The van der Waals surface area contributed by atoms with Crippen molar-refractivity contribution < 1.29 is 18.4 Å². The normalized spacial score (nSPS) is 17.7. The molecule has 0 aliphatic carbocycles. The number of hydrogen-bond donors (Lipinski definition) is 1. The van der Waals surface area contributed by atoms with Gasteiger partial charge in [-0.3, -0.25) is 24.0 Å². The van der Waals surface area contributed by atoms with Crippen LogP contribution in [0.25, 0.3) is 38.6 Å². The Balaban J connectivity index is 1.67. The summed E-state index contributed by atoms with van der Waals surface area (Å²) in [6.07, 6.45) is 4.15. The number of H-pyrrole nitrogens is 1. The molecule has 2 amide bonds. The van der Waals surface area contributed by atoms with E-state index in [1.807, 2.05) is 34.6 Å². The standard InChI is InChI=1S/C37H38F2N8O3/c1-9-26(48)45-15-25-36(49)44(8)35-33(46(25)14-20(45)7)21-12-23(38)28(27-19(6)10-11-24-22(27)13-42-43-24)29(39)32(21)47(37(35)50)34-30(17(2)3)40-16-41-31(34)18(4)5/h9-13,16-18,20,25H,1,14-15H2,2-8H3,(H,42,43). The third-order valence-corrected chi connectivity index (χ3v) is 10.0. The maximum Gasteiger partial charge on any atom is 0.281 e. The first-order chi connectivity index (χ1) is 23.8. The largest absolute Gasteiger partial charge is 0.354 e. The fraction of sp³-hybridized carbons (Fsp3) is 0.351. The van der Waals surface area contributed by atoms with Gasteiger partial charge in [0, 0.05) is 36.0 Å². The summed E-state index contributed by atoms with van der Waals surface area (Å²) < 4.78 is 35.9. The van der Waals surface area contributed by atoms with Crippen molar-refractivity contribution in [1.82, 2.24) is 29.6 Å². The number of aromatic amines is 1. The van der Waals surface area contributed by atoms with Crippen molar-refractivity contribution in [3.05, 3.63) is 82.3 Å². The van der Waals surface area contributed by atoms with E-state index in [1.165, 1.54) is 41.2 Å². The van der Waals surface area contributed by atoms with Crippen molar-refractivity contribution in [2.24, 2.45) is 0 Å². The zero-order valence-electron chi connectivity index (χ0n) is 29.0. The molecule has 3 aromatic heterocycles. The zero-order chi connectivity index (χ0) is 35.9. The Morgan fingerprint density at radius 2 is 1.68 bits per heavy atom. The van der Waals surface area contributed by atoms with E-state index in [2.05, 4.69) is 26.7 Å². The number of carbonyl (C=O) groups excluding carboxylic acids is 2. The number of rotatable bonds is 5. The van der Waals surface area contributed by atoms with Crippen LogP contribution in [0.5, 0.6) is 0 Å². The summed E-state index contributed by atoms with van der Waals surface area (Å²) in [5.74, 6) is -2.99. The second-order valence-electron chi connectivity index (χ2n) is 13.8. The number of piperazine rings is 1. The molecule has 1 saturated heterocycles. The molecule has 0 saturated carbocycles. The number of carbonyl (C=O) groups is 2. The van der Waals surface area contributed by atoms with Crippen molar-refractivity contribution >= 4 is 45.0 Å². The fourth-order valence-corrected chi connectivity index (χ4v) is 7.61. The second-order valence-corrected chi connectivity index (χ2v) is 13.8. The van der Waals surface area contributed by atoms with Crippen LogP contribution in [-0.2, 0) is 9.59 Å². The van der Waals surface area contributed by atoms with Gasteiger partial charge in [-0.25, -0.2) is 18.7 Å². The first kappa shape index (κ1) is 33.1. The lowest BCUT2D eigenvalue weighted by Gasteiger charge is -2.50. The first-order valence-electron chi connectivity index (χ1n) is 16.6. The van der Waals surface area contributed by atoms with Crippen LogP contribution in [0, 0.1) is 18.6 Å². The molecular formula is C37H38F2N8O3. The van der Waals surface area contributed by atoms with Gasteiger partial charge < -0.3 is 14.7 Å². The number of fused-ring (bicyclic) bond motifs is 6. The minimum absolute atomic E-state index is 0.00542. The maximum atomic E-state index is 17.8. The Hall–Kier alpha value is -5.46. The molecule has 0 radical (unpaired) electrons. The molecule has 2 atom stereocenters. The van der Waals surface area contributed by atoms with Crippen LogP contribution >= 0.6 is 0 Å². The molecule has 1 fully saturated rings. The van der Waals surface area contributed by atoms with E-state index >= 15 is 13.6 Å². The van der Waals surface area contributed by atoms with Crippen LogP contribution in [0.4, 0.5) is 20.2 Å². The number of hydrogen-bond acceptors (Lipinski definition) is 7. The Bertz CT molecular complexity index is 2300. The van der Waals surface area contributed by atoms with Crippen LogP contribution in [0.15, 0.2) is 48.2 Å². The Labute approximate surface area is 287 Å². The first-order valence-corrected chi connectivity index (χ1v) is 16.6. The lowest BCUT2D eigenvalue weighted by atomic mass is 9.92. The minimum Gasteiger partial charge on any atom is -0.354 e. The predicted octanol–water partition coefficient (Wildman–Crippen LogP) is 5.73. The van der Waals surface area contributed by atoms with Gasteiger partial charge in [0.25, 0.3) is 11.5 Å². The van der Waals surface area contributed by atoms with E-state index in [-0.39, 0.29) is 58.7 Å². The van der Waals surface area contributed by atoms with Crippen LogP contribution in [0.1, 0.15) is 63.4 Å². The average Bonchev–Trinajstić information content (AvgIpc) is 3.56. The smallest absolute Gasteiger partial charge is 0.281 e. The highest BCUT2D eigenvalue weighted by molar-refractivity contribution is 6.13. The highest BCUT2D eigenvalue weighted by atomic mass is 19.1. The summed E-state index contributed by atoms with van der Waals surface area (Å²) in [7, 11) is 1.48. The van der Waals surface area contributed by atoms with Gasteiger partial charge >= 0.3 is 0 Å². The van der Waals surface area contributed by atoms with Crippen molar-refractivity contribution in [3.8, 4) is 16.8 Å². The third-order valence-electron chi connectivity index (χ3n) is 10.0. The molecule has 50 heavy (non-hydrogen) atoms. The van der Waals surface area contributed by atoms with E-state index in [0.29, 0.717) is 39.1 Å². The van der Waals surface area contributed by atoms with E-state index in [9.17, 15) is 9.59 Å². The summed E-state index contributed by atoms with van der Waals surface area (Å²) in [4.78, 5) is 55.7. The molecule has 7 rings (SSSR count). The number of anilines is 2. The summed E-state index contributed by atoms with van der Waals surface area (Å²) in [6.45, 7) is 15.0. The summed E-state index contributed by atoms with van der Waals surface area (Å²) in [6, 6.07) is 3.49. The Kier molecular flexibility index (Phi) is 7.83. The molecule has 13 heteroatoms. The molecule has 11 nitrogen and oxygen atoms in total. The SMILES string of the molecule is C=CC(=O)N1CC2C(=O)N(C)c3c(c4cc(F)c(-c5c(C)ccc6[nH]ncc56)c(F)c4n(-c4c(C(C)C)ncnc4C(C)C)c3=O)N2CC1C. The van der Waals surface area contributed by atoms with E-state index < -0.39 is 35.2 Å². The quantitative estimate of drug-likeness (QED) is 0.236. The topological polar surface area (TPSA) is 120 Å². The number of amides is 2. The highest BCUT2D eigenvalue weighted by Crippen LogP contribution is 2.46. The summed E-state index contributed by atoms with van der Waals surface area (Å²) >= 11 is 0. The molecule has 0 bridgehead atoms. The van der Waals surface area contributed by atoms with Gasteiger partial charge in [-0.1, -0.05) is 40.3 Å². The van der Waals surface area contributed by atoms with Gasteiger partial charge in [0.05, 0.1) is 52.1 Å². The highest BCUT2D eigenvalue weighted by Gasteiger charge is 2.46. The lowest BCUT2D eigenvalue weighted by Crippen LogP contribution is -2.66. The maximum absolute atomic E-state index is 17.8. The number of nitrogens with zero attached hydrogens (tertiary/aromatic N) is 7. The van der Waals surface area contributed by atoms with Crippen LogP contribution < -0.4 is 15.4 Å². The Morgan fingerprint density at radius 3 is 2.32 bits per heavy atom. The number of aromatic nitrogens is 5. The number of benzene rings is 2. The number of halogens is 2. The fourth-order valence-electron chi connectivity index (χ4n) is 7.61. The monoisotopic (exact) mass is 680 g/mol.